The molecule has 0 aromatic heterocycles. The first kappa shape index (κ1) is 20.6. The number of alkyl halides is 2. The highest BCUT2D eigenvalue weighted by molar-refractivity contribution is 7.99. The van der Waals surface area contributed by atoms with Gasteiger partial charge in [0.2, 0.25) is 0 Å². The number of thioether (sulfide) groups is 1. The number of halogens is 2. The molecule has 2 aromatic carbocycles. The van der Waals surface area contributed by atoms with E-state index in [9.17, 15) is 13.6 Å². The van der Waals surface area contributed by atoms with E-state index in [4.69, 9.17) is 22.1 Å². The monoisotopic (exact) mass is 411 g/mol. The second kappa shape index (κ2) is 10.4. The van der Waals surface area contributed by atoms with Gasteiger partial charge in [0.15, 0.2) is 11.7 Å². The lowest BCUT2D eigenvalue weighted by atomic mass is 10.2. The number of hydrogen-bond donors (Lipinski definition) is 3. The number of carboxylic acid groups (broad SMARTS) is 1. The standard InChI is InChI=1S/C17H15F2N3O3S2/c18-16(19)27-13-7-5-12(6-8-13)21-17(26)22-20-9-11-3-1-2-4-14(11)25-10-15(23)24/h1-9,16H,10H2,(H,23,24)(H2,21,22,26)/b20-9-. The van der Waals surface area contributed by atoms with Crippen molar-refractivity contribution in [3.8, 4) is 5.75 Å². The molecule has 0 aliphatic rings. The van der Waals surface area contributed by atoms with Gasteiger partial charge >= 0.3 is 5.97 Å². The molecular formula is C17H15F2N3O3S2. The molecule has 27 heavy (non-hydrogen) atoms. The summed E-state index contributed by atoms with van der Waals surface area (Å²) in [5.41, 5.74) is 3.80. The fourth-order valence-electron chi connectivity index (χ4n) is 1.90. The van der Waals surface area contributed by atoms with E-state index in [0.29, 0.717) is 33.7 Å². The topological polar surface area (TPSA) is 83.0 Å². The molecule has 0 radical (unpaired) electrons. The summed E-state index contributed by atoms with van der Waals surface area (Å²) in [6.45, 7) is -0.460. The minimum absolute atomic E-state index is 0.199. The van der Waals surface area contributed by atoms with E-state index in [1.807, 2.05) is 0 Å². The maximum absolute atomic E-state index is 12.3. The number of anilines is 1. The predicted molar refractivity (Wildman–Crippen MR) is 105 cm³/mol. The van der Waals surface area contributed by atoms with Crippen LogP contribution in [0.3, 0.4) is 0 Å². The van der Waals surface area contributed by atoms with Crippen LogP contribution < -0.4 is 15.5 Å². The number of nitrogens with zero attached hydrogens (tertiary/aromatic N) is 1. The van der Waals surface area contributed by atoms with Crippen molar-refractivity contribution in [1.82, 2.24) is 5.43 Å². The molecule has 0 unspecified atom stereocenters. The smallest absolute Gasteiger partial charge is 0.341 e. The number of hydrazone groups is 1. The summed E-state index contributed by atoms with van der Waals surface area (Å²) >= 11 is 5.57. The molecule has 0 saturated carbocycles. The lowest BCUT2D eigenvalue weighted by molar-refractivity contribution is -0.139. The van der Waals surface area contributed by atoms with Crippen LogP contribution in [0.15, 0.2) is 58.5 Å². The van der Waals surface area contributed by atoms with Crippen LogP contribution in [-0.4, -0.2) is 34.8 Å². The Labute approximate surface area is 163 Å². The number of thiocarbonyl (C=S) groups is 1. The Morgan fingerprint density at radius 2 is 1.96 bits per heavy atom. The molecular weight excluding hydrogens is 396 g/mol. The number of ether oxygens (including phenoxy) is 1. The molecule has 0 atom stereocenters. The third-order valence-electron chi connectivity index (χ3n) is 2.98. The molecule has 3 N–H and O–H groups in total. The quantitative estimate of drug-likeness (QED) is 0.264. The highest BCUT2D eigenvalue weighted by atomic mass is 32.2. The van der Waals surface area contributed by atoms with E-state index in [1.54, 1.807) is 48.5 Å². The molecule has 0 heterocycles. The number of nitrogens with one attached hydrogen (secondary N) is 2. The van der Waals surface area contributed by atoms with E-state index in [1.165, 1.54) is 6.21 Å². The number of hydrogen-bond acceptors (Lipinski definition) is 5. The molecule has 0 bridgehead atoms. The third-order valence-corrected chi connectivity index (χ3v) is 3.89. The van der Waals surface area contributed by atoms with Crippen LogP contribution in [-0.2, 0) is 4.79 Å². The maximum Gasteiger partial charge on any atom is 0.341 e. The highest BCUT2D eigenvalue weighted by Crippen LogP contribution is 2.26. The van der Waals surface area contributed by atoms with Gasteiger partial charge in [-0.2, -0.15) is 13.9 Å². The van der Waals surface area contributed by atoms with Gasteiger partial charge in [-0.3, -0.25) is 5.43 Å². The first-order chi connectivity index (χ1) is 12.9. The number of para-hydroxylation sites is 1. The largest absolute Gasteiger partial charge is 0.481 e. The first-order valence-corrected chi connectivity index (χ1v) is 8.81. The van der Waals surface area contributed by atoms with Crippen molar-refractivity contribution >= 4 is 47.0 Å². The summed E-state index contributed by atoms with van der Waals surface area (Å²) in [4.78, 5) is 11.0. The van der Waals surface area contributed by atoms with Gasteiger partial charge in [0.25, 0.3) is 5.76 Å². The molecule has 2 rings (SSSR count). The Balaban J connectivity index is 1.89. The van der Waals surface area contributed by atoms with Gasteiger partial charge in [-0.25, -0.2) is 4.79 Å². The Kier molecular flexibility index (Phi) is 7.96. The third kappa shape index (κ3) is 7.59. The zero-order chi connectivity index (χ0) is 19.6. The number of carboxylic acids is 1. The zero-order valence-corrected chi connectivity index (χ0v) is 15.4. The average molecular weight is 411 g/mol. The minimum atomic E-state index is -2.47. The van der Waals surface area contributed by atoms with Crippen molar-refractivity contribution in [2.75, 3.05) is 11.9 Å². The van der Waals surface area contributed by atoms with E-state index in [0.717, 1.165) is 0 Å². The Hall–Kier alpha value is -2.72. The van der Waals surface area contributed by atoms with Crippen molar-refractivity contribution in [3.05, 3.63) is 54.1 Å². The van der Waals surface area contributed by atoms with Crippen molar-refractivity contribution < 1.29 is 23.4 Å². The summed E-state index contributed by atoms with van der Waals surface area (Å²) in [5, 5.41) is 15.7. The molecule has 142 valence electrons. The first-order valence-electron chi connectivity index (χ1n) is 7.52. The summed E-state index contributed by atoms with van der Waals surface area (Å²) < 4.78 is 29.7. The average Bonchev–Trinajstić information content (AvgIpc) is 2.62. The van der Waals surface area contributed by atoms with Gasteiger partial charge in [0.1, 0.15) is 5.75 Å². The van der Waals surface area contributed by atoms with Gasteiger partial charge in [0.05, 0.1) is 6.21 Å². The predicted octanol–water partition coefficient (Wildman–Crippen LogP) is 3.79. The van der Waals surface area contributed by atoms with Crippen molar-refractivity contribution in [2.24, 2.45) is 5.10 Å². The lowest BCUT2D eigenvalue weighted by Crippen LogP contribution is -2.23. The van der Waals surface area contributed by atoms with Crippen molar-refractivity contribution in [1.29, 1.82) is 0 Å². The number of rotatable bonds is 8. The Morgan fingerprint density at radius 1 is 1.26 bits per heavy atom. The van der Waals surface area contributed by atoms with Crippen LogP contribution >= 0.6 is 24.0 Å². The molecule has 6 nitrogen and oxygen atoms in total. The van der Waals surface area contributed by atoms with E-state index >= 15 is 0 Å². The van der Waals surface area contributed by atoms with E-state index in [2.05, 4.69) is 15.8 Å². The van der Waals surface area contributed by atoms with Crippen LogP contribution in [0.2, 0.25) is 0 Å². The van der Waals surface area contributed by atoms with Gasteiger partial charge in [-0.1, -0.05) is 23.9 Å². The summed E-state index contributed by atoms with van der Waals surface area (Å²) in [6, 6.07) is 13.2. The van der Waals surface area contributed by atoms with Crippen LogP contribution in [0.5, 0.6) is 5.75 Å². The highest BCUT2D eigenvalue weighted by Gasteiger charge is 2.05. The van der Waals surface area contributed by atoms with E-state index in [-0.39, 0.29) is 5.11 Å². The molecule has 10 heteroatoms. The molecule has 0 aliphatic carbocycles. The second-order valence-corrected chi connectivity index (χ2v) is 6.42. The lowest BCUT2D eigenvalue weighted by Gasteiger charge is -2.08. The van der Waals surface area contributed by atoms with E-state index < -0.39 is 18.3 Å². The van der Waals surface area contributed by atoms with Crippen molar-refractivity contribution in [3.63, 3.8) is 0 Å². The summed E-state index contributed by atoms with van der Waals surface area (Å²) in [6.07, 6.45) is 1.44. The normalized spacial score (nSPS) is 10.8. The fourth-order valence-corrected chi connectivity index (χ4v) is 2.57. The van der Waals surface area contributed by atoms with Crippen LogP contribution in [0.1, 0.15) is 5.56 Å². The fraction of sp³-hybridized carbons (Fsp3) is 0.118. The molecule has 0 fully saturated rings. The SMILES string of the molecule is O=C(O)COc1ccccc1/C=N\NC(=S)Nc1ccc(SC(F)F)cc1. The Morgan fingerprint density at radius 3 is 2.63 bits per heavy atom. The molecule has 0 spiro atoms. The van der Waals surface area contributed by atoms with Crippen LogP contribution in [0.25, 0.3) is 0 Å². The minimum Gasteiger partial charge on any atom is -0.481 e. The van der Waals surface area contributed by atoms with Crippen molar-refractivity contribution in [2.45, 2.75) is 10.7 Å². The van der Waals surface area contributed by atoms with Crippen LogP contribution in [0.4, 0.5) is 14.5 Å². The zero-order valence-electron chi connectivity index (χ0n) is 13.8. The number of benzene rings is 2. The number of aliphatic carboxylic acids is 1. The molecule has 2 aromatic rings. The molecule has 0 amide bonds. The second-order valence-electron chi connectivity index (χ2n) is 4.95. The van der Waals surface area contributed by atoms with Gasteiger partial charge in [-0.05, 0) is 48.6 Å². The van der Waals surface area contributed by atoms with Gasteiger partial charge in [-0.15, -0.1) is 0 Å². The number of carbonyl (C=O) groups is 1. The molecule has 0 saturated heterocycles. The summed E-state index contributed by atoms with van der Waals surface area (Å²) in [7, 11) is 0. The maximum atomic E-state index is 12.3. The molecule has 0 aliphatic heterocycles. The van der Waals surface area contributed by atoms with Crippen LogP contribution in [0, 0.1) is 0 Å². The summed E-state index contributed by atoms with van der Waals surface area (Å²) in [5.74, 6) is -3.18. The Bertz CT molecular complexity index is 817. The van der Waals surface area contributed by atoms with Gasteiger partial charge in [0, 0.05) is 16.1 Å². The van der Waals surface area contributed by atoms with Gasteiger partial charge < -0.3 is 15.2 Å².